The lowest BCUT2D eigenvalue weighted by molar-refractivity contribution is 0.0405. The van der Waals surface area contributed by atoms with Gasteiger partial charge in [-0.2, -0.15) is 0 Å². The fraction of sp³-hybridized carbons (Fsp3) is 0.243. The van der Waals surface area contributed by atoms with Crippen LogP contribution in [0.4, 0.5) is 11.4 Å². The lowest BCUT2D eigenvalue weighted by atomic mass is 10.1. The molecule has 276 valence electrons. The molecule has 0 aromatic heterocycles. The Bertz CT molecular complexity index is 1820. The average Bonchev–Trinajstić information content (AvgIpc) is 3.13. The van der Waals surface area contributed by atoms with Crippen molar-refractivity contribution in [2.75, 3.05) is 64.0 Å². The summed E-state index contributed by atoms with van der Waals surface area (Å²) in [5, 5.41) is 23.8. The molecule has 0 radical (unpaired) electrons. The molecule has 4 aromatic carbocycles. The number of carboxylic acid groups (broad SMARTS) is 2. The number of nitrogens with one attached hydrogen (secondary N) is 2. The van der Waals surface area contributed by atoms with Gasteiger partial charge in [0.25, 0.3) is 11.8 Å². The largest absolute Gasteiger partial charge is 0.491 e. The topological polar surface area (TPSA) is 179 Å². The number of rotatable bonds is 18. The molecule has 0 aliphatic rings. The van der Waals surface area contributed by atoms with E-state index in [2.05, 4.69) is 42.5 Å². The Morgan fingerprint density at radius 1 is 0.596 bits per heavy atom. The van der Waals surface area contributed by atoms with Crippen LogP contribution in [0.1, 0.15) is 48.4 Å². The summed E-state index contributed by atoms with van der Waals surface area (Å²) in [7, 11) is 1.57. The van der Waals surface area contributed by atoms with E-state index in [1.54, 1.807) is 67.8 Å². The number of hydrogen-bond donors (Lipinski definition) is 4. The predicted molar refractivity (Wildman–Crippen MR) is 201 cm³/mol. The molecular weight excluding hydrogens is 808 g/mol. The Morgan fingerprint density at radius 2 is 1.04 bits per heavy atom. The maximum absolute atomic E-state index is 12.5. The van der Waals surface area contributed by atoms with Gasteiger partial charge in [-0.15, -0.1) is 0 Å². The number of carboxylic acids is 2. The van der Waals surface area contributed by atoms with E-state index in [1.165, 1.54) is 24.3 Å². The average molecular weight is 847 g/mol. The van der Waals surface area contributed by atoms with Gasteiger partial charge in [-0.1, -0.05) is 44.0 Å². The Balaban J connectivity index is 0.000000284. The molecule has 0 heterocycles. The van der Waals surface area contributed by atoms with Crippen molar-refractivity contribution in [3.63, 3.8) is 0 Å². The Hall–Kier alpha value is -4.80. The van der Waals surface area contributed by atoms with Crippen LogP contribution in [0.25, 0.3) is 0 Å². The molecule has 2 amide bonds. The van der Waals surface area contributed by atoms with E-state index in [4.69, 9.17) is 23.7 Å². The van der Waals surface area contributed by atoms with Crippen molar-refractivity contribution >= 4 is 67.0 Å². The maximum Gasteiger partial charge on any atom is 0.337 e. The van der Waals surface area contributed by atoms with E-state index in [1.807, 2.05) is 6.92 Å². The van der Waals surface area contributed by atoms with Crippen molar-refractivity contribution < 1.29 is 53.1 Å². The summed E-state index contributed by atoms with van der Waals surface area (Å²) in [4.78, 5) is 47.5. The van der Waals surface area contributed by atoms with E-state index in [-0.39, 0.29) is 22.5 Å². The summed E-state index contributed by atoms with van der Waals surface area (Å²) in [5.74, 6) is -2.04. The lowest BCUT2D eigenvalue weighted by Crippen LogP contribution is -2.15. The normalized spacial score (nSPS) is 10.4. The number of ether oxygens (including phenoxy) is 5. The van der Waals surface area contributed by atoms with E-state index >= 15 is 0 Å². The van der Waals surface area contributed by atoms with Crippen molar-refractivity contribution in [3.8, 4) is 11.5 Å². The number of benzene rings is 4. The molecule has 15 heteroatoms. The first-order chi connectivity index (χ1) is 25.0. The zero-order valence-corrected chi connectivity index (χ0v) is 31.5. The van der Waals surface area contributed by atoms with Crippen molar-refractivity contribution in [2.24, 2.45) is 0 Å². The fourth-order valence-electron chi connectivity index (χ4n) is 4.27. The third-order valence-electron chi connectivity index (χ3n) is 6.74. The minimum atomic E-state index is -1.13. The predicted octanol–water partition coefficient (Wildman–Crippen LogP) is 7.26. The van der Waals surface area contributed by atoms with Crippen molar-refractivity contribution in [1.29, 1.82) is 0 Å². The number of amides is 2. The highest BCUT2D eigenvalue weighted by molar-refractivity contribution is 9.10. The van der Waals surface area contributed by atoms with Crippen LogP contribution in [0.15, 0.2) is 93.9 Å². The van der Waals surface area contributed by atoms with Crippen molar-refractivity contribution in [3.05, 3.63) is 116 Å². The van der Waals surface area contributed by atoms with Gasteiger partial charge in [0.15, 0.2) is 0 Å². The van der Waals surface area contributed by atoms with Gasteiger partial charge in [0.1, 0.15) is 24.7 Å². The Labute approximate surface area is 317 Å². The van der Waals surface area contributed by atoms with Crippen LogP contribution in [0.2, 0.25) is 0 Å². The van der Waals surface area contributed by atoms with Gasteiger partial charge in [0.05, 0.1) is 48.9 Å². The molecule has 0 saturated heterocycles. The van der Waals surface area contributed by atoms with Crippen LogP contribution in [0, 0.1) is 0 Å². The summed E-state index contributed by atoms with van der Waals surface area (Å²) in [5.41, 5.74) is 1.17. The molecule has 0 unspecified atom stereocenters. The standard InChI is InChI=1S/C20H22BrNO6.C17H16BrNO5/c1-2-26-8-9-27-10-11-28-16-5-3-4-14(12-16)19(23)22-18-7-6-15(21)13-17(18)20(24)25;1-23-7-8-24-13-4-2-3-11(9-13)16(20)19-15-6-5-12(18)10-14(15)17(21)22/h3-7,12-13H,2,8-11H2,1H3,(H,22,23)(H,24,25);2-6,9-10H,7-8H2,1H3,(H,19,20)(H,21,22). The number of hydrogen-bond acceptors (Lipinski definition) is 9. The number of anilines is 2. The lowest BCUT2D eigenvalue weighted by Gasteiger charge is -2.11. The molecule has 4 N–H and O–H groups in total. The van der Waals surface area contributed by atoms with Crippen LogP contribution in [-0.2, 0) is 14.2 Å². The third-order valence-corrected chi connectivity index (χ3v) is 7.73. The molecule has 4 aromatic rings. The zero-order valence-electron chi connectivity index (χ0n) is 28.4. The first-order valence-electron chi connectivity index (χ1n) is 15.8. The highest BCUT2D eigenvalue weighted by Gasteiger charge is 2.16. The molecule has 0 spiro atoms. The number of halogens is 2. The third kappa shape index (κ3) is 14.1. The van der Waals surface area contributed by atoms with Gasteiger partial charge in [-0.25, -0.2) is 9.59 Å². The molecule has 52 heavy (non-hydrogen) atoms. The van der Waals surface area contributed by atoms with E-state index in [9.17, 15) is 29.4 Å². The summed E-state index contributed by atoms with van der Waals surface area (Å²) in [6, 6.07) is 22.5. The molecule has 0 aliphatic heterocycles. The Morgan fingerprint density at radius 3 is 1.48 bits per heavy atom. The Kier molecular flexibility index (Phi) is 17.8. The first kappa shape index (κ1) is 41.6. The summed E-state index contributed by atoms with van der Waals surface area (Å²) in [6.45, 7) is 5.18. The van der Waals surface area contributed by atoms with Crippen molar-refractivity contribution in [2.45, 2.75) is 6.92 Å². The second-order valence-corrected chi connectivity index (χ2v) is 12.3. The second-order valence-electron chi connectivity index (χ2n) is 10.5. The number of carbonyl (C=O) groups excluding carboxylic acids is 2. The molecule has 0 bridgehead atoms. The first-order valence-corrected chi connectivity index (χ1v) is 17.4. The van der Waals surface area contributed by atoms with Crippen LogP contribution in [0.5, 0.6) is 11.5 Å². The smallest absolute Gasteiger partial charge is 0.337 e. The van der Waals surface area contributed by atoms with Crippen molar-refractivity contribution in [1.82, 2.24) is 0 Å². The van der Waals surface area contributed by atoms with Gasteiger partial charge in [0.2, 0.25) is 0 Å². The maximum atomic E-state index is 12.5. The summed E-state index contributed by atoms with van der Waals surface area (Å²) < 4.78 is 27.7. The number of aromatic carboxylic acids is 2. The molecule has 13 nitrogen and oxygen atoms in total. The molecule has 0 aliphatic carbocycles. The van der Waals surface area contributed by atoms with Crippen LogP contribution >= 0.6 is 31.9 Å². The van der Waals surface area contributed by atoms with Crippen LogP contribution in [0.3, 0.4) is 0 Å². The van der Waals surface area contributed by atoms with Gasteiger partial charge < -0.3 is 44.5 Å². The minimum absolute atomic E-state index is 0.000619. The minimum Gasteiger partial charge on any atom is -0.491 e. The fourth-order valence-corrected chi connectivity index (χ4v) is 5.00. The highest BCUT2D eigenvalue weighted by atomic mass is 79.9. The molecular formula is C37H38Br2N2O11. The van der Waals surface area contributed by atoms with Crippen LogP contribution in [-0.4, -0.2) is 87.3 Å². The van der Waals surface area contributed by atoms with E-state index < -0.39 is 23.8 Å². The molecule has 4 rings (SSSR count). The van der Waals surface area contributed by atoms with E-state index in [0.29, 0.717) is 77.8 Å². The highest BCUT2D eigenvalue weighted by Crippen LogP contribution is 2.24. The summed E-state index contributed by atoms with van der Waals surface area (Å²) >= 11 is 6.44. The molecule has 0 fully saturated rings. The van der Waals surface area contributed by atoms with E-state index in [0.717, 1.165) is 0 Å². The molecule has 0 saturated carbocycles. The number of methoxy groups -OCH3 is 1. The van der Waals surface area contributed by atoms with Gasteiger partial charge >= 0.3 is 11.9 Å². The summed E-state index contributed by atoms with van der Waals surface area (Å²) in [6.07, 6.45) is 0. The SMILES string of the molecule is CCOCCOCCOc1cccc(C(=O)Nc2ccc(Br)cc2C(=O)O)c1.COCCOc1cccc(C(=O)Nc2ccc(Br)cc2C(=O)O)c1. The quantitative estimate of drug-likeness (QED) is 0.0742. The van der Waals surface area contributed by atoms with Gasteiger partial charge in [-0.05, 0) is 79.7 Å². The van der Waals surface area contributed by atoms with Gasteiger partial charge in [0, 0.05) is 33.8 Å². The van der Waals surface area contributed by atoms with Gasteiger partial charge in [-0.3, -0.25) is 9.59 Å². The molecule has 0 atom stereocenters. The number of carbonyl (C=O) groups is 4. The van der Waals surface area contributed by atoms with Crippen LogP contribution < -0.4 is 20.1 Å². The zero-order chi connectivity index (χ0) is 37.9. The second kappa shape index (κ2) is 22.2. The monoisotopic (exact) mass is 844 g/mol.